The van der Waals surface area contributed by atoms with Crippen molar-refractivity contribution in [2.75, 3.05) is 13.1 Å². The number of hydrogen-bond donors (Lipinski definition) is 1. The van der Waals surface area contributed by atoms with Crippen LogP contribution in [0.3, 0.4) is 0 Å². The molecule has 0 saturated carbocycles. The van der Waals surface area contributed by atoms with Gasteiger partial charge in [-0.2, -0.15) is 0 Å². The normalized spacial score (nSPS) is 24.8. The van der Waals surface area contributed by atoms with Crippen LogP contribution in [0, 0.1) is 11.8 Å². The first-order chi connectivity index (χ1) is 12.5. The number of amides is 4. The highest BCUT2D eigenvalue weighted by Gasteiger charge is 2.38. The van der Waals surface area contributed by atoms with E-state index in [-0.39, 0.29) is 35.7 Å². The molecule has 0 aliphatic carbocycles. The van der Waals surface area contributed by atoms with Crippen LogP contribution in [0.4, 0.5) is 4.79 Å². The average Bonchev–Trinajstić information content (AvgIpc) is 2.97. The van der Waals surface area contributed by atoms with Gasteiger partial charge in [0.05, 0.1) is 0 Å². The Balaban J connectivity index is 1.57. The number of urea groups is 1. The van der Waals surface area contributed by atoms with E-state index in [1.165, 1.54) is 4.90 Å². The molecule has 6 nitrogen and oxygen atoms in total. The average molecular weight is 357 g/mol. The molecule has 26 heavy (non-hydrogen) atoms. The van der Waals surface area contributed by atoms with Gasteiger partial charge in [0.2, 0.25) is 11.8 Å². The quantitative estimate of drug-likeness (QED) is 0.850. The van der Waals surface area contributed by atoms with E-state index in [1.807, 2.05) is 42.2 Å². The number of nitrogens with one attached hydrogen (secondary N) is 1. The Bertz CT molecular complexity index is 658. The van der Waals surface area contributed by atoms with Crippen LogP contribution in [0.5, 0.6) is 0 Å². The van der Waals surface area contributed by atoms with Crippen LogP contribution >= 0.6 is 0 Å². The summed E-state index contributed by atoms with van der Waals surface area (Å²) in [4.78, 5) is 40.2. The van der Waals surface area contributed by atoms with Gasteiger partial charge in [-0.25, -0.2) is 4.79 Å². The van der Waals surface area contributed by atoms with Gasteiger partial charge in [-0.1, -0.05) is 50.6 Å². The van der Waals surface area contributed by atoms with E-state index in [9.17, 15) is 14.4 Å². The van der Waals surface area contributed by atoms with Crippen LogP contribution in [0.15, 0.2) is 30.3 Å². The number of rotatable bonds is 6. The zero-order valence-corrected chi connectivity index (χ0v) is 15.5. The zero-order chi connectivity index (χ0) is 18.7. The van der Waals surface area contributed by atoms with E-state index in [2.05, 4.69) is 12.2 Å². The number of hydrogen-bond acceptors (Lipinski definition) is 3. The van der Waals surface area contributed by atoms with Crippen molar-refractivity contribution in [3.63, 3.8) is 0 Å². The Kier molecular flexibility index (Phi) is 5.59. The van der Waals surface area contributed by atoms with E-state index in [1.54, 1.807) is 0 Å². The van der Waals surface area contributed by atoms with Gasteiger partial charge in [-0.05, 0) is 11.5 Å². The van der Waals surface area contributed by atoms with Gasteiger partial charge in [0.25, 0.3) is 0 Å². The molecule has 1 aromatic carbocycles. The Morgan fingerprint density at radius 1 is 1.12 bits per heavy atom. The van der Waals surface area contributed by atoms with E-state index < -0.39 is 0 Å². The third-order valence-corrected chi connectivity index (χ3v) is 5.53. The van der Waals surface area contributed by atoms with Crippen LogP contribution in [0.25, 0.3) is 0 Å². The number of carbonyl (C=O) groups excluding carboxylic acids is 3. The minimum absolute atomic E-state index is 0.000982. The molecule has 2 aliphatic heterocycles. The summed E-state index contributed by atoms with van der Waals surface area (Å²) in [5, 5.41) is 2.95. The molecule has 0 radical (unpaired) electrons. The van der Waals surface area contributed by atoms with Crippen LogP contribution in [-0.4, -0.2) is 46.8 Å². The van der Waals surface area contributed by atoms with Gasteiger partial charge in [-0.3, -0.25) is 14.5 Å². The van der Waals surface area contributed by atoms with Crippen molar-refractivity contribution in [3.05, 3.63) is 35.9 Å². The standard InChI is InChI=1S/C20H27N3O3/c1-3-14(2)17-10-19(25)23(20(26)21-17)13-16-9-18(24)22(12-16)11-15-7-5-4-6-8-15/h4-8,14,16-17H,3,9-13H2,1-2H3,(H,21,26)/t14-,16?,17+/m0/s1. The summed E-state index contributed by atoms with van der Waals surface area (Å²) in [7, 11) is 0. The minimum atomic E-state index is -0.319. The molecule has 2 aliphatic rings. The molecule has 2 heterocycles. The van der Waals surface area contributed by atoms with Crippen molar-refractivity contribution in [2.24, 2.45) is 11.8 Å². The molecular weight excluding hydrogens is 330 g/mol. The van der Waals surface area contributed by atoms with Gasteiger partial charge in [0.1, 0.15) is 0 Å². The van der Waals surface area contributed by atoms with Crippen molar-refractivity contribution >= 4 is 17.8 Å². The smallest absolute Gasteiger partial charge is 0.324 e. The Hall–Kier alpha value is -2.37. The van der Waals surface area contributed by atoms with E-state index in [0.717, 1.165) is 12.0 Å². The highest BCUT2D eigenvalue weighted by atomic mass is 16.2. The van der Waals surface area contributed by atoms with Crippen LogP contribution in [0.1, 0.15) is 38.7 Å². The fourth-order valence-corrected chi connectivity index (χ4v) is 3.70. The van der Waals surface area contributed by atoms with Crippen LogP contribution in [-0.2, 0) is 16.1 Å². The molecular formula is C20H27N3O3. The molecule has 2 saturated heterocycles. The lowest BCUT2D eigenvalue weighted by Gasteiger charge is -2.35. The number of nitrogens with zero attached hydrogens (tertiary/aromatic N) is 2. The van der Waals surface area contributed by atoms with Crippen LogP contribution in [0.2, 0.25) is 0 Å². The lowest BCUT2D eigenvalue weighted by molar-refractivity contribution is -0.131. The Labute approximate surface area is 154 Å². The van der Waals surface area contributed by atoms with Crippen molar-refractivity contribution in [2.45, 2.75) is 45.7 Å². The second-order valence-electron chi connectivity index (χ2n) is 7.48. The predicted molar refractivity (Wildman–Crippen MR) is 98.1 cm³/mol. The van der Waals surface area contributed by atoms with Crippen molar-refractivity contribution in [1.82, 2.24) is 15.1 Å². The number of likely N-dealkylation sites (tertiary alicyclic amines) is 1. The molecule has 1 unspecified atom stereocenters. The molecule has 4 amide bonds. The van der Waals surface area contributed by atoms with Crippen molar-refractivity contribution in [3.8, 4) is 0 Å². The maximum absolute atomic E-state index is 12.4. The number of benzene rings is 1. The van der Waals surface area contributed by atoms with Gasteiger partial charge >= 0.3 is 6.03 Å². The highest BCUT2D eigenvalue weighted by Crippen LogP contribution is 2.24. The molecule has 1 N–H and O–H groups in total. The second kappa shape index (κ2) is 7.89. The van der Waals surface area contributed by atoms with E-state index in [0.29, 0.717) is 32.5 Å². The van der Waals surface area contributed by atoms with Gasteiger partial charge in [-0.15, -0.1) is 0 Å². The predicted octanol–water partition coefficient (Wildman–Crippen LogP) is 2.39. The maximum Gasteiger partial charge on any atom is 0.324 e. The first-order valence-corrected chi connectivity index (χ1v) is 9.40. The molecule has 140 valence electrons. The molecule has 0 bridgehead atoms. The molecule has 3 rings (SSSR count). The fourth-order valence-electron chi connectivity index (χ4n) is 3.70. The van der Waals surface area contributed by atoms with Crippen LogP contribution < -0.4 is 5.32 Å². The zero-order valence-electron chi connectivity index (χ0n) is 15.5. The van der Waals surface area contributed by atoms with Gasteiger partial charge in [0.15, 0.2) is 0 Å². The maximum atomic E-state index is 12.4. The SMILES string of the molecule is CC[C@H](C)[C@H]1CC(=O)N(CC2CC(=O)N(Cc3ccccc3)C2)C(=O)N1. The lowest BCUT2D eigenvalue weighted by Crippen LogP contribution is -2.57. The summed E-state index contributed by atoms with van der Waals surface area (Å²) < 4.78 is 0. The first kappa shape index (κ1) is 18.4. The minimum Gasteiger partial charge on any atom is -0.338 e. The summed E-state index contributed by atoms with van der Waals surface area (Å²) in [5.74, 6) is 0.231. The molecule has 1 aromatic rings. The lowest BCUT2D eigenvalue weighted by atomic mass is 9.94. The molecule has 3 atom stereocenters. The number of carbonyl (C=O) groups is 3. The monoisotopic (exact) mass is 357 g/mol. The van der Waals surface area contributed by atoms with Crippen molar-refractivity contribution in [1.29, 1.82) is 0 Å². The topological polar surface area (TPSA) is 69.7 Å². The van der Waals surface area contributed by atoms with E-state index in [4.69, 9.17) is 0 Å². The van der Waals surface area contributed by atoms with Crippen molar-refractivity contribution < 1.29 is 14.4 Å². The second-order valence-corrected chi connectivity index (χ2v) is 7.48. The molecule has 6 heteroatoms. The first-order valence-electron chi connectivity index (χ1n) is 9.40. The largest absolute Gasteiger partial charge is 0.338 e. The van der Waals surface area contributed by atoms with Gasteiger partial charge < -0.3 is 10.2 Å². The fraction of sp³-hybridized carbons (Fsp3) is 0.550. The molecule has 2 fully saturated rings. The highest BCUT2D eigenvalue weighted by molar-refractivity contribution is 5.97. The summed E-state index contributed by atoms with van der Waals surface area (Å²) in [5.41, 5.74) is 1.09. The Morgan fingerprint density at radius 2 is 1.85 bits per heavy atom. The third-order valence-electron chi connectivity index (χ3n) is 5.53. The summed E-state index contributed by atoms with van der Waals surface area (Å²) in [6.07, 6.45) is 1.65. The molecule has 0 spiro atoms. The summed E-state index contributed by atoms with van der Waals surface area (Å²) >= 11 is 0. The summed E-state index contributed by atoms with van der Waals surface area (Å²) in [6, 6.07) is 9.45. The summed E-state index contributed by atoms with van der Waals surface area (Å²) in [6.45, 7) is 5.57. The Morgan fingerprint density at radius 3 is 2.50 bits per heavy atom. The van der Waals surface area contributed by atoms with E-state index >= 15 is 0 Å². The van der Waals surface area contributed by atoms with Gasteiger partial charge in [0, 0.05) is 44.4 Å². The number of imide groups is 1. The third kappa shape index (κ3) is 4.06. The molecule has 0 aromatic heterocycles.